The van der Waals surface area contributed by atoms with Gasteiger partial charge in [0.05, 0.1) is 18.8 Å². The average Bonchev–Trinajstić information content (AvgIpc) is 3.15. The Morgan fingerprint density at radius 1 is 0.672 bits per heavy atom. The minimum absolute atomic E-state index is 0.143. The fraction of sp³-hybridized carbons (Fsp3) is 0.541. The molecule has 15 atom stereocenters. The summed E-state index contributed by atoms with van der Waals surface area (Å²) in [6, 6.07) is 7.17. The number of hydrogen-bond acceptors (Lipinski definition) is 21. The van der Waals surface area contributed by atoms with E-state index in [0.29, 0.717) is 0 Å². The highest BCUT2D eigenvalue weighted by atomic mass is 16.8. The molecular formula is C37H44O21. The van der Waals surface area contributed by atoms with Crippen LogP contribution in [-0.4, -0.2) is 157 Å². The number of carbonyl (C=O) groups excluding carboxylic acids is 2. The van der Waals surface area contributed by atoms with Crippen molar-refractivity contribution in [3.05, 3.63) is 46.6 Å². The molecule has 0 bridgehead atoms. The number of benzene rings is 2. The van der Waals surface area contributed by atoms with Gasteiger partial charge in [0.1, 0.15) is 77.0 Å². The van der Waals surface area contributed by atoms with Crippen LogP contribution in [-0.2, 0) is 42.7 Å². The molecule has 0 spiro atoms. The molecule has 0 aliphatic carbocycles. The van der Waals surface area contributed by atoms with Crippen molar-refractivity contribution < 1.29 is 97.9 Å². The number of ether oxygens (including phenoxy) is 8. The Kier molecular flexibility index (Phi) is 12.8. The number of aromatic hydroxyl groups is 3. The Balaban J connectivity index is 1.28. The van der Waals surface area contributed by atoms with Gasteiger partial charge in [-0.1, -0.05) is 0 Å². The number of aliphatic hydroxyl groups is 6. The lowest BCUT2D eigenvalue weighted by Crippen LogP contribution is -2.65. The van der Waals surface area contributed by atoms with Gasteiger partial charge in [-0.25, -0.2) is 0 Å². The van der Waals surface area contributed by atoms with Crippen molar-refractivity contribution in [3.63, 3.8) is 0 Å². The van der Waals surface area contributed by atoms with Crippen molar-refractivity contribution in [3.8, 4) is 34.3 Å². The molecule has 1 aromatic heterocycles. The first-order valence-electron chi connectivity index (χ1n) is 18.0. The molecule has 21 nitrogen and oxygen atoms in total. The third kappa shape index (κ3) is 8.70. The predicted molar refractivity (Wildman–Crippen MR) is 189 cm³/mol. The molecule has 4 heterocycles. The molecular weight excluding hydrogens is 780 g/mol. The zero-order chi connectivity index (χ0) is 42.3. The van der Waals surface area contributed by atoms with Crippen LogP contribution in [0.4, 0.5) is 0 Å². The molecule has 0 radical (unpaired) electrons. The first-order chi connectivity index (χ1) is 27.4. The molecule has 3 aromatic rings. The van der Waals surface area contributed by atoms with Crippen molar-refractivity contribution >= 4 is 22.9 Å². The summed E-state index contributed by atoms with van der Waals surface area (Å²) in [6.45, 7) is 4.25. The summed E-state index contributed by atoms with van der Waals surface area (Å²) >= 11 is 0. The molecule has 3 aliphatic rings. The molecule has 21 heteroatoms. The Labute approximate surface area is 328 Å². The van der Waals surface area contributed by atoms with Crippen molar-refractivity contribution in [2.75, 3.05) is 6.61 Å². The highest BCUT2D eigenvalue weighted by Crippen LogP contribution is 2.38. The second kappa shape index (κ2) is 17.3. The second-order valence-electron chi connectivity index (χ2n) is 14.1. The van der Waals surface area contributed by atoms with Gasteiger partial charge in [0.15, 0.2) is 30.5 Å². The van der Waals surface area contributed by atoms with E-state index in [1.54, 1.807) is 0 Å². The number of carbonyl (C=O) groups is 2. The van der Waals surface area contributed by atoms with E-state index in [9.17, 15) is 60.3 Å². The molecule has 0 unspecified atom stereocenters. The monoisotopic (exact) mass is 824 g/mol. The largest absolute Gasteiger partial charge is 0.508 e. The van der Waals surface area contributed by atoms with E-state index >= 15 is 0 Å². The van der Waals surface area contributed by atoms with Gasteiger partial charge in [-0.2, -0.15) is 0 Å². The summed E-state index contributed by atoms with van der Waals surface area (Å²) in [7, 11) is 0. The van der Waals surface area contributed by atoms with Crippen LogP contribution >= 0.6 is 0 Å². The molecule has 0 saturated carbocycles. The molecule has 3 saturated heterocycles. The lowest BCUT2D eigenvalue weighted by Gasteiger charge is -2.47. The topological polar surface area (TPSA) is 320 Å². The van der Waals surface area contributed by atoms with Crippen LogP contribution in [0.15, 0.2) is 45.6 Å². The van der Waals surface area contributed by atoms with Crippen LogP contribution in [0, 0.1) is 0 Å². The van der Waals surface area contributed by atoms with Crippen LogP contribution in [0.1, 0.15) is 27.7 Å². The smallest absolute Gasteiger partial charge is 0.303 e. The molecule has 58 heavy (non-hydrogen) atoms. The maximum absolute atomic E-state index is 13.9. The molecule has 9 N–H and O–H groups in total. The Bertz CT molecular complexity index is 2000. The number of hydrogen-bond donors (Lipinski definition) is 9. The van der Waals surface area contributed by atoms with Crippen LogP contribution in [0.2, 0.25) is 0 Å². The van der Waals surface area contributed by atoms with E-state index < -0.39 is 139 Å². The van der Waals surface area contributed by atoms with Crippen molar-refractivity contribution in [2.45, 2.75) is 120 Å². The van der Waals surface area contributed by atoms with Gasteiger partial charge in [0.25, 0.3) is 0 Å². The SMILES string of the molecule is CC(=O)O[C@@H]1[C@@H](O[C@@H]2O[C@@H](C)[C@H](O)[C@@H](O)[C@H]2O)[C@@H](OC(C)=O)[C@H](OC[C@H]2O[C@@H](Oc3c(-c4ccc(O)cc4)oc4cc(O)cc(O)c4c3=O)[C@H](O)[C@@H](O)[C@@H]2O)O[C@H]1C. The molecule has 2 aromatic carbocycles. The van der Waals surface area contributed by atoms with Crippen LogP contribution in [0.3, 0.4) is 0 Å². The van der Waals surface area contributed by atoms with Gasteiger partial charge in [0, 0.05) is 31.5 Å². The van der Waals surface area contributed by atoms with Gasteiger partial charge >= 0.3 is 11.9 Å². The summed E-state index contributed by atoms with van der Waals surface area (Å²) in [4.78, 5) is 38.4. The van der Waals surface area contributed by atoms with E-state index in [4.69, 9.17) is 42.3 Å². The third-order valence-electron chi connectivity index (χ3n) is 9.81. The van der Waals surface area contributed by atoms with Gasteiger partial charge in [-0.3, -0.25) is 14.4 Å². The molecule has 318 valence electrons. The molecule has 0 amide bonds. The Morgan fingerprint density at radius 3 is 1.93 bits per heavy atom. The van der Waals surface area contributed by atoms with Gasteiger partial charge in [0.2, 0.25) is 17.5 Å². The maximum Gasteiger partial charge on any atom is 0.303 e. The minimum Gasteiger partial charge on any atom is -0.508 e. The van der Waals surface area contributed by atoms with E-state index in [1.165, 1.54) is 38.1 Å². The zero-order valence-corrected chi connectivity index (χ0v) is 31.3. The van der Waals surface area contributed by atoms with E-state index in [2.05, 4.69) is 0 Å². The van der Waals surface area contributed by atoms with Crippen LogP contribution in [0.5, 0.6) is 23.0 Å². The minimum atomic E-state index is -2.03. The molecule has 3 fully saturated rings. The summed E-state index contributed by atoms with van der Waals surface area (Å²) in [5.74, 6) is -3.93. The highest BCUT2D eigenvalue weighted by molar-refractivity contribution is 5.88. The van der Waals surface area contributed by atoms with Gasteiger partial charge in [-0.05, 0) is 38.1 Å². The van der Waals surface area contributed by atoms with Crippen molar-refractivity contribution in [2.24, 2.45) is 0 Å². The molecule has 3 aliphatic heterocycles. The lowest BCUT2D eigenvalue weighted by molar-refractivity contribution is -0.359. The summed E-state index contributed by atoms with van der Waals surface area (Å²) < 4.78 is 51.8. The van der Waals surface area contributed by atoms with E-state index in [-0.39, 0.29) is 22.7 Å². The van der Waals surface area contributed by atoms with Gasteiger partial charge < -0.3 is 88.3 Å². The normalized spacial score (nSPS) is 35.3. The number of phenolic OH excluding ortho intramolecular Hbond substituents is 3. The first kappa shape index (κ1) is 42.9. The van der Waals surface area contributed by atoms with Gasteiger partial charge in [-0.15, -0.1) is 0 Å². The zero-order valence-electron chi connectivity index (χ0n) is 31.3. The third-order valence-corrected chi connectivity index (χ3v) is 9.81. The quantitative estimate of drug-likeness (QED) is 0.106. The number of esters is 2. The fourth-order valence-corrected chi connectivity index (χ4v) is 6.85. The fourth-order valence-electron chi connectivity index (χ4n) is 6.85. The maximum atomic E-state index is 13.9. The number of aliphatic hydroxyl groups excluding tert-OH is 6. The average molecular weight is 825 g/mol. The number of fused-ring (bicyclic) bond motifs is 1. The second-order valence-corrected chi connectivity index (χ2v) is 14.1. The number of phenols is 3. The predicted octanol–water partition coefficient (Wildman–Crippen LogP) is -1.40. The summed E-state index contributed by atoms with van der Waals surface area (Å²) in [5, 5.41) is 94.2. The summed E-state index contributed by atoms with van der Waals surface area (Å²) in [5.41, 5.74) is -1.12. The Hall–Kier alpha value is -4.65. The highest BCUT2D eigenvalue weighted by Gasteiger charge is 2.54. The standard InChI is InChI=1S/C37H44O21/c1-12-23(43)26(46)28(48)35(51-12)58-33-30(53-14(3)38)13(2)52-37(34(33)54-15(4)39)50-11-21-24(44)27(47)29(49)36(56-21)57-32-25(45)22-19(42)9-18(41)10-20(22)55-31(32)16-5-7-17(40)8-6-16/h5-10,12-13,21,23-24,26-30,33-37,40-44,46-49H,11H2,1-4H3/t12-,13-,21+,23-,24+,26+,27-,28+,29+,30-,33+,34+,35-,36-,37+/m0/s1. The van der Waals surface area contributed by atoms with E-state index in [0.717, 1.165) is 26.0 Å². The summed E-state index contributed by atoms with van der Waals surface area (Å²) in [6.07, 6.45) is -24.4. The van der Waals surface area contributed by atoms with Crippen LogP contribution in [0.25, 0.3) is 22.3 Å². The lowest BCUT2D eigenvalue weighted by atomic mass is 9.97. The van der Waals surface area contributed by atoms with E-state index in [1.807, 2.05) is 0 Å². The number of rotatable bonds is 10. The Morgan fingerprint density at radius 2 is 1.28 bits per heavy atom. The molecule has 6 rings (SSSR count). The first-order valence-corrected chi connectivity index (χ1v) is 18.0. The van der Waals surface area contributed by atoms with Crippen LogP contribution < -0.4 is 10.2 Å². The van der Waals surface area contributed by atoms with Crippen molar-refractivity contribution in [1.29, 1.82) is 0 Å². The van der Waals surface area contributed by atoms with Crippen molar-refractivity contribution in [1.82, 2.24) is 0 Å².